The number of amides is 1. The number of carbonyl (C=O) groups is 1. The molecule has 74 valence electrons. The van der Waals surface area contributed by atoms with Crippen molar-refractivity contribution in [2.24, 2.45) is 5.73 Å². The second-order valence-electron chi connectivity index (χ2n) is 2.94. The van der Waals surface area contributed by atoms with E-state index in [1.165, 1.54) is 0 Å². The van der Waals surface area contributed by atoms with Crippen LogP contribution in [0.25, 0.3) is 0 Å². The van der Waals surface area contributed by atoms with E-state index in [2.05, 4.69) is 0 Å². The molecule has 0 fully saturated rings. The minimum Gasteiger partial charge on any atom is -0.465 e. The molecule has 1 unspecified atom stereocenters. The van der Waals surface area contributed by atoms with Crippen molar-refractivity contribution in [2.45, 2.75) is 19.8 Å². The summed E-state index contributed by atoms with van der Waals surface area (Å²) in [5.74, 6) is -0.0900. The minimum atomic E-state index is -1.23. The second kappa shape index (κ2) is 3.31. The summed E-state index contributed by atoms with van der Waals surface area (Å²) in [6.45, 7) is -1.10. The van der Waals surface area contributed by atoms with Crippen LogP contribution in [0.2, 0.25) is 0 Å². The zero-order chi connectivity index (χ0) is 11.7. The molecule has 4 heteroatoms. The number of benzene rings is 1. The monoisotopic (exact) mass is 195 g/mol. The predicted molar refractivity (Wildman–Crippen MR) is 49.8 cm³/mol. The smallest absolute Gasteiger partial charge is 0.249 e. The van der Waals surface area contributed by atoms with Gasteiger partial charge in [0, 0.05) is 13.9 Å². The van der Waals surface area contributed by atoms with Gasteiger partial charge < -0.3 is 15.2 Å². The first-order chi connectivity index (χ1) is 7.59. The lowest BCUT2D eigenvalue weighted by Gasteiger charge is -2.24. The molecule has 0 spiro atoms. The third-order valence-electron chi connectivity index (χ3n) is 2.03. The molecule has 0 saturated heterocycles. The molecule has 1 heterocycles. The summed E-state index contributed by atoms with van der Waals surface area (Å²) in [5, 5.41) is 0. The number of ether oxygens (including phenoxy) is 2. The van der Waals surface area contributed by atoms with Crippen molar-refractivity contribution in [3.8, 4) is 5.75 Å². The summed E-state index contributed by atoms with van der Waals surface area (Å²) < 4.78 is 24.8. The fourth-order valence-electron chi connectivity index (χ4n) is 1.38. The van der Waals surface area contributed by atoms with Crippen molar-refractivity contribution in [3.05, 3.63) is 29.3 Å². The van der Waals surface area contributed by atoms with Gasteiger partial charge in [-0.15, -0.1) is 0 Å². The largest absolute Gasteiger partial charge is 0.465 e. The number of rotatable bonds is 1. The van der Waals surface area contributed by atoms with Gasteiger partial charge in [-0.25, -0.2) is 0 Å². The lowest BCUT2D eigenvalue weighted by molar-refractivity contribution is -0.0945. The third-order valence-corrected chi connectivity index (χ3v) is 2.03. The van der Waals surface area contributed by atoms with Crippen LogP contribution in [0.5, 0.6) is 5.75 Å². The van der Waals surface area contributed by atoms with E-state index < -0.39 is 19.1 Å². The number of primary amides is 1. The Morgan fingerprint density at radius 2 is 2.57 bits per heavy atom. The van der Waals surface area contributed by atoms with E-state index in [0.29, 0.717) is 16.9 Å². The van der Waals surface area contributed by atoms with Gasteiger partial charge in [-0.05, 0) is 19.0 Å². The number of fused-ring (bicyclic) bond motifs is 1. The van der Waals surface area contributed by atoms with Crippen LogP contribution in [-0.2, 0) is 11.3 Å². The lowest BCUT2D eigenvalue weighted by atomic mass is 10.1. The highest BCUT2D eigenvalue weighted by atomic mass is 16.7. The van der Waals surface area contributed by atoms with Crippen LogP contribution in [0.4, 0.5) is 0 Å². The molecule has 1 aliphatic rings. The second-order valence-corrected chi connectivity index (χ2v) is 2.94. The normalized spacial score (nSPS) is 21.9. The van der Waals surface area contributed by atoms with E-state index in [1.807, 2.05) is 0 Å². The van der Waals surface area contributed by atoms with Gasteiger partial charge in [0.15, 0.2) is 6.29 Å². The Hall–Kier alpha value is -1.55. The molecule has 1 aromatic carbocycles. The molecule has 0 saturated carbocycles. The molecule has 1 aromatic rings. The highest BCUT2D eigenvalue weighted by Crippen LogP contribution is 2.28. The van der Waals surface area contributed by atoms with Crippen LogP contribution < -0.4 is 10.5 Å². The standard InChI is InChI=1S/C10H11NO3/c1-6-13-5-8-7(10(11)12)3-2-4-9(8)14-6/h2-4,6H,5H2,1H3,(H2,11,12)/i1D2. The Bertz CT molecular complexity index is 423. The van der Waals surface area contributed by atoms with Crippen molar-refractivity contribution < 1.29 is 17.0 Å². The maximum atomic E-state index is 11.1. The van der Waals surface area contributed by atoms with Crippen LogP contribution in [0.3, 0.4) is 0 Å². The first-order valence-corrected chi connectivity index (χ1v) is 4.14. The van der Waals surface area contributed by atoms with Crippen LogP contribution >= 0.6 is 0 Å². The molecular weight excluding hydrogens is 182 g/mol. The maximum Gasteiger partial charge on any atom is 0.249 e. The van der Waals surface area contributed by atoms with Crippen molar-refractivity contribution in [2.75, 3.05) is 0 Å². The van der Waals surface area contributed by atoms with Gasteiger partial charge in [0.05, 0.1) is 6.61 Å². The number of carbonyl (C=O) groups excluding carboxylic acids is 1. The SMILES string of the molecule is [2H]C([2H])C1OCc2c(cccc2C(N)=O)O1. The number of hydrogen-bond donors (Lipinski definition) is 1. The highest BCUT2D eigenvalue weighted by Gasteiger charge is 2.20. The van der Waals surface area contributed by atoms with E-state index >= 15 is 0 Å². The van der Waals surface area contributed by atoms with E-state index in [4.69, 9.17) is 17.9 Å². The van der Waals surface area contributed by atoms with Crippen molar-refractivity contribution in [1.82, 2.24) is 0 Å². The Morgan fingerprint density at radius 3 is 3.29 bits per heavy atom. The molecule has 1 aliphatic heterocycles. The zero-order valence-electron chi connectivity index (χ0n) is 9.40. The van der Waals surface area contributed by atoms with Crippen LogP contribution in [0.15, 0.2) is 18.2 Å². The number of hydrogen-bond acceptors (Lipinski definition) is 3. The van der Waals surface area contributed by atoms with Gasteiger partial charge in [-0.2, -0.15) is 0 Å². The average Bonchev–Trinajstić information content (AvgIpc) is 2.27. The Balaban J connectivity index is 2.34. The molecule has 0 aliphatic carbocycles. The fraction of sp³-hybridized carbons (Fsp3) is 0.300. The lowest BCUT2D eigenvalue weighted by Crippen LogP contribution is -2.24. The molecule has 2 N–H and O–H groups in total. The van der Waals surface area contributed by atoms with E-state index in [1.54, 1.807) is 18.2 Å². The molecule has 1 amide bonds. The summed E-state index contributed by atoms with van der Waals surface area (Å²) in [7, 11) is 0. The minimum absolute atomic E-state index is 0.132. The van der Waals surface area contributed by atoms with Crippen molar-refractivity contribution in [1.29, 1.82) is 0 Å². The molecule has 4 nitrogen and oxygen atoms in total. The van der Waals surface area contributed by atoms with Crippen molar-refractivity contribution in [3.63, 3.8) is 0 Å². The van der Waals surface area contributed by atoms with Crippen LogP contribution in [0, 0.1) is 0 Å². The topological polar surface area (TPSA) is 61.5 Å². The Morgan fingerprint density at radius 1 is 1.71 bits per heavy atom. The quantitative estimate of drug-likeness (QED) is 0.728. The molecule has 14 heavy (non-hydrogen) atoms. The molecular formula is C10H11NO3. The molecule has 1 atom stereocenters. The molecule has 2 rings (SSSR count). The Kier molecular flexibility index (Phi) is 1.61. The first kappa shape index (κ1) is 6.84. The van der Waals surface area contributed by atoms with Crippen LogP contribution in [0.1, 0.15) is 25.5 Å². The summed E-state index contributed by atoms with van der Waals surface area (Å²) in [6.07, 6.45) is -0.921. The highest BCUT2D eigenvalue weighted by molar-refractivity contribution is 5.95. The first-order valence-electron chi connectivity index (χ1n) is 5.29. The van der Waals surface area contributed by atoms with Gasteiger partial charge in [0.25, 0.3) is 0 Å². The van der Waals surface area contributed by atoms with Crippen LogP contribution in [-0.4, -0.2) is 12.2 Å². The van der Waals surface area contributed by atoms with Gasteiger partial charge in [0.1, 0.15) is 5.75 Å². The van der Waals surface area contributed by atoms with E-state index in [-0.39, 0.29) is 6.61 Å². The van der Waals surface area contributed by atoms with Gasteiger partial charge in [0.2, 0.25) is 5.91 Å². The molecule has 0 radical (unpaired) electrons. The summed E-state index contributed by atoms with van der Waals surface area (Å²) in [5.41, 5.74) is 6.13. The molecule has 0 bridgehead atoms. The number of nitrogens with two attached hydrogens (primary N) is 1. The average molecular weight is 195 g/mol. The molecule has 0 aromatic heterocycles. The fourth-order valence-corrected chi connectivity index (χ4v) is 1.38. The third kappa shape index (κ3) is 1.44. The van der Waals surface area contributed by atoms with Gasteiger partial charge >= 0.3 is 0 Å². The van der Waals surface area contributed by atoms with Gasteiger partial charge in [-0.1, -0.05) is 6.07 Å². The maximum absolute atomic E-state index is 11.1. The van der Waals surface area contributed by atoms with E-state index in [0.717, 1.165) is 0 Å². The van der Waals surface area contributed by atoms with Crippen molar-refractivity contribution >= 4 is 5.91 Å². The zero-order valence-corrected chi connectivity index (χ0v) is 7.40. The summed E-state index contributed by atoms with van der Waals surface area (Å²) in [4.78, 5) is 11.1. The van der Waals surface area contributed by atoms with Gasteiger partial charge in [-0.3, -0.25) is 4.79 Å². The van der Waals surface area contributed by atoms with E-state index in [9.17, 15) is 4.79 Å². The Labute approximate surface area is 84.4 Å². The summed E-state index contributed by atoms with van der Waals surface area (Å²) >= 11 is 0. The predicted octanol–water partition coefficient (Wildman–Crippen LogP) is 1.04. The summed E-state index contributed by atoms with van der Waals surface area (Å²) in [6, 6.07) is 4.90.